The number of halogens is 1. The molecule has 0 spiro atoms. The topological polar surface area (TPSA) is 78.5 Å². The Morgan fingerprint density at radius 3 is 2.57 bits per heavy atom. The molecule has 0 aromatic heterocycles. The molecule has 1 aromatic rings. The summed E-state index contributed by atoms with van der Waals surface area (Å²) in [6.45, 7) is 4.42. The highest BCUT2D eigenvalue weighted by atomic mass is 19.1. The van der Waals surface area contributed by atoms with Gasteiger partial charge in [-0.3, -0.25) is 24.7 Å². The summed E-state index contributed by atoms with van der Waals surface area (Å²) in [5.41, 5.74) is 5.23. The zero-order valence-electron chi connectivity index (χ0n) is 13.1. The van der Waals surface area contributed by atoms with Crippen molar-refractivity contribution >= 4 is 17.7 Å². The van der Waals surface area contributed by atoms with Gasteiger partial charge in [-0.2, -0.15) is 0 Å². The van der Waals surface area contributed by atoms with Crippen molar-refractivity contribution in [2.24, 2.45) is 5.92 Å². The van der Waals surface area contributed by atoms with Gasteiger partial charge in [0.05, 0.1) is 6.42 Å². The molecule has 1 atom stereocenters. The minimum atomic E-state index is -0.765. The first-order valence-electron chi connectivity index (χ1n) is 7.54. The van der Waals surface area contributed by atoms with E-state index in [2.05, 4.69) is 10.9 Å². The maximum atomic E-state index is 12.8. The van der Waals surface area contributed by atoms with Crippen LogP contribution in [0.3, 0.4) is 0 Å². The predicted octanol–water partition coefficient (Wildman–Crippen LogP) is 1.23. The van der Waals surface area contributed by atoms with Crippen LogP contribution in [0.1, 0.15) is 37.0 Å². The zero-order valence-corrected chi connectivity index (χ0v) is 13.1. The van der Waals surface area contributed by atoms with Crippen LogP contribution in [-0.4, -0.2) is 35.2 Å². The first-order valence-corrected chi connectivity index (χ1v) is 7.54. The second-order valence-electron chi connectivity index (χ2n) is 5.93. The molecule has 0 bridgehead atoms. The molecule has 1 heterocycles. The molecule has 23 heavy (non-hydrogen) atoms. The van der Waals surface area contributed by atoms with Gasteiger partial charge in [-0.25, -0.2) is 9.82 Å². The lowest BCUT2D eigenvalue weighted by atomic mass is 10.1. The number of likely N-dealkylation sites (tertiary alicyclic amines) is 1. The van der Waals surface area contributed by atoms with Crippen molar-refractivity contribution in [1.82, 2.24) is 15.8 Å². The van der Waals surface area contributed by atoms with Gasteiger partial charge in [-0.15, -0.1) is 0 Å². The first-order chi connectivity index (χ1) is 10.9. The number of benzene rings is 1. The van der Waals surface area contributed by atoms with Crippen molar-refractivity contribution in [2.75, 3.05) is 6.54 Å². The highest BCUT2D eigenvalue weighted by Crippen LogP contribution is 2.14. The number of nitrogens with one attached hydrogen (secondary N) is 2. The summed E-state index contributed by atoms with van der Waals surface area (Å²) >= 11 is 0. The van der Waals surface area contributed by atoms with E-state index in [1.54, 1.807) is 0 Å². The maximum absolute atomic E-state index is 12.8. The second kappa shape index (κ2) is 7.32. The molecule has 124 valence electrons. The molecule has 3 amide bonds. The Morgan fingerprint density at radius 1 is 1.30 bits per heavy atom. The van der Waals surface area contributed by atoms with Gasteiger partial charge in [-0.05, 0) is 36.6 Å². The van der Waals surface area contributed by atoms with Crippen LogP contribution in [0.15, 0.2) is 24.3 Å². The van der Waals surface area contributed by atoms with Crippen molar-refractivity contribution in [1.29, 1.82) is 0 Å². The number of imide groups is 1. The van der Waals surface area contributed by atoms with Gasteiger partial charge in [0.15, 0.2) is 0 Å². The predicted molar refractivity (Wildman–Crippen MR) is 81.6 cm³/mol. The molecular weight excluding hydrogens is 301 g/mol. The van der Waals surface area contributed by atoms with E-state index >= 15 is 0 Å². The highest BCUT2D eigenvalue weighted by molar-refractivity contribution is 6.05. The third-order valence-electron chi connectivity index (χ3n) is 3.64. The van der Waals surface area contributed by atoms with Crippen LogP contribution in [0.4, 0.5) is 4.39 Å². The molecule has 7 heteroatoms. The lowest BCUT2D eigenvalue weighted by Crippen LogP contribution is -2.48. The zero-order chi connectivity index (χ0) is 17.0. The number of nitrogens with zero attached hydrogens (tertiary/aromatic N) is 1. The van der Waals surface area contributed by atoms with Crippen LogP contribution in [-0.2, 0) is 9.59 Å². The fourth-order valence-electron chi connectivity index (χ4n) is 2.24. The SMILES string of the molecule is CC(C)CCN1C(=O)C[C@@H](NNC(=O)c2ccc(F)cc2)C1=O. The van der Waals surface area contributed by atoms with Gasteiger partial charge in [0.25, 0.3) is 5.91 Å². The minimum absolute atomic E-state index is 0.0145. The molecule has 1 aromatic carbocycles. The summed E-state index contributed by atoms with van der Waals surface area (Å²) in [5, 5.41) is 0. The van der Waals surface area contributed by atoms with E-state index < -0.39 is 17.8 Å². The van der Waals surface area contributed by atoms with Crippen LogP contribution in [0, 0.1) is 11.7 Å². The van der Waals surface area contributed by atoms with Crippen LogP contribution in [0.2, 0.25) is 0 Å². The molecule has 1 aliphatic heterocycles. The fourth-order valence-corrected chi connectivity index (χ4v) is 2.24. The molecule has 0 unspecified atom stereocenters. The number of carbonyl (C=O) groups is 3. The van der Waals surface area contributed by atoms with Gasteiger partial charge in [-0.1, -0.05) is 13.8 Å². The van der Waals surface area contributed by atoms with E-state index in [4.69, 9.17) is 0 Å². The van der Waals surface area contributed by atoms with Gasteiger partial charge in [0.2, 0.25) is 11.8 Å². The van der Waals surface area contributed by atoms with Gasteiger partial charge >= 0.3 is 0 Å². The van der Waals surface area contributed by atoms with Crippen molar-refractivity contribution in [3.63, 3.8) is 0 Å². The van der Waals surface area contributed by atoms with Gasteiger partial charge in [0, 0.05) is 12.1 Å². The van der Waals surface area contributed by atoms with Gasteiger partial charge < -0.3 is 0 Å². The molecule has 0 aliphatic carbocycles. The van der Waals surface area contributed by atoms with Crippen molar-refractivity contribution < 1.29 is 18.8 Å². The summed E-state index contributed by atoms with van der Waals surface area (Å²) in [6, 6.07) is 4.25. The van der Waals surface area contributed by atoms with Crippen LogP contribution in [0.25, 0.3) is 0 Å². The quantitative estimate of drug-likeness (QED) is 0.610. The summed E-state index contributed by atoms with van der Waals surface area (Å²) in [5.74, 6) is -1.13. The molecule has 0 radical (unpaired) electrons. The molecule has 1 fully saturated rings. The normalized spacial score (nSPS) is 17.9. The minimum Gasteiger partial charge on any atom is -0.287 e. The monoisotopic (exact) mass is 321 g/mol. The second-order valence-corrected chi connectivity index (χ2v) is 5.93. The molecule has 2 rings (SSSR count). The average molecular weight is 321 g/mol. The van der Waals surface area contributed by atoms with Crippen LogP contribution < -0.4 is 10.9 Å². The number of hydrogen-bond donors (Lipinski definition) is 2. The number of rotatable bonds is 6. The number of hydrogen-bond acceptors (Lipinski definition) is 4. The Hall–Kier alpha value is -2.28. The number of carbonyl (C=O) groups excluding carboxylic acids is 3. The van der Waals surface area contributed by atoms with E-state index in [0.29, 0.717) is 12.5 Å². The van der Waals surface area contributed by atoms with E-state index in [1.807, 2.05) is 13.8 Å². The lowest BCUT2D eigenvalue weighted by molar-refractivity contribution is -0.139. The smallest absolute Gasteiger partial charge is 0.265 e. The van der Waals surface area contributed by atoms with E-state index in [9.17, 15) is 18.8 Å². The maximum Gasteiger partial charge on any atom is 0.265 e. The molecule has 1 saturated heterocycles. The first kappa shape index (κ1) is 17.1. The highest BCUT2D eigenvalue weighted by Gasteiger charge is 2.38. The molecular formula is C16H20FN3O3. The number of hydrazine groups is 1. The summed E-state index contributed by atoms with van der Waals surface area (Å²) in [4.78, 5) is 37.1. The Balaban J connectivity index is 1.88. The van der Waals surface area contributed by atoms with Crippen molar-refractivity contribution in [3.8, 4) is 0 Å². The van der Waals surface area contributed by atoms with Crippen LogP contribution in [0.5, 0.6) is 0 Å². The molecule has 6 nitrogen and oxygen atoms in total. The van der Waals surface area contributed by atoms with Crippen LogP contribution >= 0.6 is 0 Å². The Labute approximate surface area is 134 Å². The Morgan fingerprint density at radius 2 is 1.96 bits per heavy atom. The lowest BCUT2D eigenvalue weighted by Gasteiger charge is -2.16. The van der Waals surface area contributed by atoms with Crippen molar-refractivity contribution in [2.45, 2.75) is 32.7 Å². The Bertz CT molecular complexity index is 601. The molecule has 2 N–H and O–H groups in total. The van der Waals surface area contributed by atoms with E-state index in [-0.39, 0.29) is 23.8 Å². The number of amides is 3. The van der Waals surface area contributed by atoms with E-state index in [1.165, 1.54) is 29.2 Å². The standard InChI is InChI=1S/C16H20FN3O3/c1-10(2)7-8-20-14(21)9-13(16(20)23)18-19-15(22)11-3-5-12(17)6-4-11/h3-6,10,13,18H,7-9H2,1-2H3,(H,19,22)/t13-/m1/s1. The van der Waals surface area contributed by atoms with Crippen molar-refractivity contribution in [3.05, 3.63) is 35.6 Å². The summed E-state index contributed by atoms with van der Waals surface area (Å²) in [7, 11) is 0. The third-order valence-corrected chi connectivity index (χ3v) is 3.64. The summed E-state index contributed by atoms with van der Waals surface area (Å²) < 4.78 is 12.8. The van der Waals surface area contributed by atoms with E-state index in [0.717, 1.165) is 6.42 Å². The average Bonchev–Trinajstić information content (AvgIpc) is 2.77. The Kier molecular flexibility index (Phi) is 5.44. The molecule has 0 saturated carbocycles. The fraction of sp³-hybridized carbons (Fsp3) is 0.438. The third kappa shape index (κ3) is 4.35. The van der Waals surface area contributed by atoms with Gasteiger partial charge in [0.1, 0.15) is 11.9 Å². The molecule has 1 aliphatic rings. The summed E-state index contributed by atoms with van der Waals surface area (Å²) in [6.07, 6.45) is 0.757. The largest absolute Gasteiger partial charge is 0.287 e.